The zero-order chi connectivity index (χ0) is 12.8. The Morgan fingerprint density at radius 1 is 1.06 bits per heavy atom. The quantitative estimate of drug-likeness (QED) is 0.781. The molecule has 17 heavy (non-hydrogen) atoms. The van der Waals surface area contributed by atoms with Gasteiger partial charge in [0.15, 0.2) is 0 Å². The second-order valence-corrected chi connectivity index (χ2v) is 5.32. The fraction of sp³-hybridized carbons (Fsp3) is 0.625. The predicted octanol–water partition coefficient (Wildman–Crippen LogP) is 4.25. The standard InChI is InChI=1S/C16H27N/c1-5-13-8-9-14(6-2)15(11-13)16(17)10-7-12(3)4/h8-9,11-12,16H,5-7,10,17H2,1-4H3. The normalized spacial score (nSPS) is 13.1. The van der Waals surface area contributed by atoms with Gasteiger partial charge in [-0.2, -0.15) is 0 Å². The van der Waals surface area contributed by atoms with Gasteiger partial charge in [0.1, 0.15) is 0 Å². The molecule has 96 valence electrons. The summed E-state index contributed by atoms with van der Waals surface area (Å²) in [6.45, 7) is 8.93. The lowest BCUT2D eigenvalue weighted by molar-refractivity contribution is 0.505. The fourth-order valence-electron chi connectivity index (χ4n) is 2.20. The summed E-state index contributed by atoms with van der Waals surface area (Å²) in [5.41, 5.74) is 10.5. The van der Waals surface area contributed by atoms with Crippen LogP contribution in [0.3, 0.4) is 0 Å². The SMILES string of the molecule is CCc1ccc(CC)c(C(N)CCC(C)C)c1. The first-order valence-electron chi connectivity index (χ1n) is 6.95. The van der Waals surface area contributed by atoms with Crippen molar-refractivity contribution < 1.29 is 0 Å². The molecule has 0 heterocycles. The molecule has 0 aliphatic rings. The molecule has 0 saturated carbocycles. The summed E-state index contributed by atoms with van der Waals surface area (Å²) in [6.07, 6.45) is 4.47. The van der Waals surface area contributed by atoms with Crippen LogP contribution in [0.2, 0.25) is 0 Å². The second-order valence-electron chi connectivity index (χ2n) is 5.32. The van der Waals surface area contributed by atoms with Crippen LogP contribution in [0.25, 0.3) is 0 Å². The van der Waals surface area contributed by atoms with Crippen LogP contribution in [-0.2, 0) is 12.8 Å². The van der Waals surface area contributed by atoms with E-state index in [9.17, 15) is 0 Å². The fourth-order valence-corrected chi connectivity index (χ4v) is 2.20. The van der Waals surface area contributed by atoms with Crippen molar-refractivity contribution >= 4 is 0 Å². The number of hydrogen-bond acceptors (Lipinski definition) is 1. The lowest BCUT2D eigenvalue weighted by Crippen LogP contribution is -2.14. The lowest BCUT2D eigenvalue weighted by Gasteiger charge is -2.18. The summed E-state index contributed by atoms with van der Waals surface area (Å²) in [4.78, 5) is 0. The highest BCUT2D eigenvalue weighted by atomic mass is 14.6. The summed E-state index contributed by atoms with van der Waals surface area (Å²) < 4.78 is 0. The van der Waals surface area contributed by atoms with E-state index in [2.05, 4.69) is 45.9 Å². The van der Waals surface area contributed by atoms with E-state index in [0.717, 1.165) is 25.2 Å². The van der Waals surface area contributed by atoms with Crippen molar-refractivity contribution in [2.24, 2.45) is 11.7 Å². The van der Waals surface area contributed by atoms with Crippen molar-refractivity contribution in [3.63, 3.8) is 0 Å². The molecule has 0 aromatic heterocycles. The Labute approximate surface area is 106 Å². The number of benzene rings is 1. The molecule has 1 aromatic rings. The van der Waals surface area contributed by atoms with Gasteiger partial charge < -0.3 is 5.73 Å². The van der Waals surface area contributed by atoms with Crippen LogP contribution in [0.1, 0.15) is 63.3 Å². The molecule has 0 aliphatic heterocycles. The zero-order valence-corrected chi connectivity index (χ0v) is 11.8. The summed E-state index contributed by atoms with van der Waals surface area (Å²) in [5.74, 6) is 0.737. The van der Waals surface area contributed by atoms with Gasteiger partial charge in [0.05, 0.1) is 0 Å². The molecular weight excluding hydrogens is 206 g/mol. The summed E-state index contributed by atoms with van der Waals surface area (Å²) in [5, 5.41) is 0. The van der Waals surface area contributed by atoms with Crippen LogP contribution in [0.4, 0.5) is 0 Å². The number of nitrogens with two attached hydrogens (primary N) is 1. The summed E-state index contributed by atoms with van der Waals surface area (Å²) in [7, 11) is 0. The van der Waals surface area contributed by atoms with Crippen LogP contribution in [0.5, 0.6) is 0 Å². The molecule has 1 atom stereocenters. The van der Waals surface area contributed by atoms with E-state index in [1.165, 1.54) is 23.1 Å². The first-order valence-corrected chi connectivity index (χ1v) is 6.95. The van der Waals surface area contributed by atoms with E-state index in [0.29, 0.717) is 0 Å². The van der Waals surface area contributed by atoms with Gasteiger partial charge in [-0.3, -0.25) is 0 Å². The molecule has 0 aliphatic carbocycles. The van der Waals surface area contributed by atoms with Crippen LogP contribution >= 0.6 is 0 Å². The number of rotatable bonds is 6. The molecule has 1 rings (SSSR count). The molecule has 1 heteroatoms. The minimum atomic E-state index is 0.207. The van der Waals surface area contributed by atoms with E-state index >= 15 is 0 Å². The van der Waals surface area contributed by atoms with Crippen molar-refractivity contribution in [1.82, 2.24) is 0 Å². The van der Waals surface area contributed by atoms with Gasteiger partial charge in [-0.25, -0.2) is 0 Å². The Morgan fingerprint density at radius 3 is 2.29 bits per heavy atom. The molecule has 2 N–H and O–H groups in total. The molecule has 1 aromatic carbocycles. The van der Waals surface area contributed by atoms with Gasteiger partial charge in [0, 0.05) is 6.04 Å². The molecule has 0 spiro atoms. The third kappa shape index (κ3) is 4.16. The zero-order valence-electron chi connectivity index (χ0n) is 11.8. The molecule has 0 bridgehead atoms. The maximum Gasteiger partial charge on any atom is 0.0297 e. The Balaban J connectivity index is 2.85. The average molecular weight is 233 g/mol. The first kappa shape index (κ1) is 14.2. The Bertz CT molecular complexity index is 341. The minimum absolute atomic E-state index is 0.207. The molecule has 1 nitrogen and oxygen atoms in total. The van der Waals surface area contributed by atoms with Crippen molar-refractivity contribution in [2.45, 2.75) is 59.4 Å². The van der Waals surface area contributed by atoms with Gasteiger partial charge in [-0.1, -0.05) is 45.9 Å². The van der Waals surface area contributed by atoms with Gasteiger partial charge in [0.25, 0.3) is 0 Å². The number of aryl methyl sites for hydroxylation is 2. The van der Waals surface area contributed by atoms with Gasteiger partial charge in [-0.15, -0.1) is 0 Å². The van der Waals surface area contributed by atoms with E-state index in [1.807, 2.05) is 0 Å². The van der Waals surface area contributed by atoms with Crippen molar-refractivity contribution in [1.29, 1.82) is 0 Å². The molecule has 1 unspecified atom stereocenters. The second kappa shape index (κ2) is 6.80. The smallest absolute Gasteiger partial charge is 0.0297 e. The highest BCUT2D eigenvalue weighted by Gasteiger charge is 2.11. The topological polar surface area (TPSA) is 26.0 Å². The average Bonchev–Trinajstić information content (AvgIpc) is 2.34. The van der Waals surface area contributed by atoms with Gasteiger partial charge in [0.2, 0.25) is 0 Å². The van der Waals surface area contributed by atoms with E-state index in [-0.39, 0.29) is 6.04 Å². The van der Waals surface area contributed by atoms with Crippen molar-refractivity contribution in [3.05, 3.63) is 34.9 Å². The predicted molar refractivity (Wildman–Crippen MR) is 76.2 cm³/mol. The molecule has 0 saturated heterocycles. The summed E-state index contributed by atoms with van der Waals surface area (Å²) in [6, 6.07) is 7.00. The first-order chi connectivity index (χ1) is 8.08. The van der Waals surface area contributed by atoms with Crippen molar-refractivity contribution in [3.8, 4) is 0 Å². The van der Waals surface area contributed by atoms with Crippen LogP contribution in [0, 0.1) is 5.92 Å². The van der Waals surface area contributed by atoms with Gasteiger partial charge >= 0.3 is 0 Å². The highest BCUT2D eigenvalue weighted by molar-refractivity contribution is 5.34. The van der Waals surface area contributed by atoms with E-state index in [1.54, 1.807) is 0 Å². The lowest BCUT2D eigenvalue weighted by atomic mass is 9.92. The monoisotopic (exact) mass is 233 g/mol. The molecular formula is C16H27N. The molecule has 0 amide bonds. The summed E-state index contributed by atoms with van der Waals surface area (Å²) >= 11 is 0. The van der Waals surface area contributed by atoms with Crippen LogP contribution < -0.4 is 5.73 Å². The van der Waals surface area contributed by atoms with Crippen molar-refractivity contribution in [2.75, 3.05) is 0 Å². The number of hydrogen-bond donors (Lipinski definition) is 1. The van der Waals surface area contributed by atoms with Gasteiger partial charge in [-0.05, 0) is 48.3 Å². The van der Waals surface area contributed by atoms with E-state index in [4.69, 9.17) is 5.73 Å². The highest BCUT2D eigenvalue weighted by Crippen LogP contribution is 2.24. The molecule has 0 fully saturated rings. The Hall–Kier alpha value is -0.820. The Kier molecular flexibility index (Phi) is 5.70. The minimum Gasteiger partial charge on any atom is -0.324 e. The van der Waals surface area contributed by atoms with Crippen LogP contribution in [0.15, 0.2) is 18.2 Å². The maximum absolute atomic E-state index is 6.34. The third-order valence-corrected chi connectivity index (χ3v) is 3.45. The van der Waals surface area contributed by atoms with E-state index < -0.39 is 0 Å². The van der Waals surface area contributed by atoms with Crippen LogP contribution in [-0.4, -0.2) is 0 Å². The largest absolute Gasteiger partial charge is 0.324 e. The maximum atomic E-state index is 6.34. The Morgan fingerprint density at radius 2 is 1.76 bits per heavy atom. The third-order valence-electron chi connectivity index (χ3n) is 3.45. The molecule has 0 radical (unpaired) electrons.